The summed E-state index contributed by atoms with van der Waals surface area (Å²) in [5.74, 6) is 0.937. The monoisotopic (exact) mass is 378 g/mol. The summed E-state index contributed by atoms with van der Waals surface area (Å²) in [5, 5.41) is 7.79. The van der Waals surface area contributed by atoms with Gasteiger partial charge in [0, 0.05) is 30.7 Å². The minimum atomic E-state index is 0.246. The second-order valence-electron chi connectivity index (χ2n) is 7.06. The summed E-state index contributed by atoms with van der Waals surface area (Å²) >= 11 is 6.08. The van der Waals surface area contributed by atoms with Crippen molar-refractivity contribution in [2.75, 3.05) is 39.4 Å². The van der Waals surface area contributed by atoms with E-state index in [1.807, 2.05) is 12.1 Å². The van der Waals surface area contributed by atoms with E-state index in [2.05, 4.69) is 34.6 Å². The Morgan fingerprint density at radius 3 is 2.58 bits per heavy atom. The summed E-state index contributed by atoms with van der Waals surface area (Å²) in [6.07, 6.45) is 5.12. The van der Waals surface area contributed by atoms with E-state index in [9.17, 15) is 0 Å². The molecule has 2 fully saturated rings. The zero-order valence-electron chi connectivity index (χ0n) is 15.7. The molecule has 5 nitrogen and oxygen atoms in total. The van der Waals surface area contributed by atoms with E-state index in [-0.39, 0.29) is 6.04 Å². The number of morpholine rings is 1. The van der Waals surface area contributed by atoms with Crippen LogP contribution in [0.1, 0.15) is 44.2 Å². The lowest BCUT2D eigenvalue weighted by molar-refractivity contribution is 0.0179. The molecule has 0 bridgehead atoms. The maximum Gasteiger partial charge on any atom is 0.191 e. The molecule has 3 rings (SSSR count). The van der Waals surface area contributed by atoms with Crippen molar-refractivity contribution in [3.63, 3.8) is 0 Å². The van der Waals surface area contributed by atoms with Crippen LogP contribution in [-0.4, -0.2) is 56.3 Å². The normalized spacial score (nSPS) is 20.9. The van der Waals surface area contributed by atoms with Gasteiger partial charge in [-0.25, -0.2) is 0 Å². The number of rotatable bonds is 6. The predicted octanol–water partition coefficient (Wildman–Crippen LogP) is 3.21. The van der Waals surface area contributed by atoms with E-state index in [4.69, 9.17) is 21.3 Å². The Morgan fingerprint density at radius 1 is 1.23 bits per heavy atom. The second-order valence-corrected chi connectivity index (χ2v) is 7.50. The van der Waals surface area contributed by atoms with Gasteiger partial charge in [0.1, 0.15) is 0 Å². The summed E-state index contributed by atoms with van der Waals surface area (Å²) in [4.78, 5) is 7.40. The average molecular weight is 379 g/mol. The maximum absolute atomic E-state index is 6.08. The van der Waals surface area contributed by atoms with Crippen molar-refractivity contribution >= 4 is 17.6 Å². The topological polar surface area (TPSA) is 48.9 Å². The molecule has 1 aromatic carbocycles. The first-order valence-electron chi connectivity index (χ1n) is 9.88. The molecule has 1 aliphatic heterocycles. The molecule has 0 aromatic heterocycles. The summed E-state index contributed by atoms with van der Waals surface area (Å²) < 4.78 is 5.53. The SMILES string of the molecule is CCNC(=NCC(c1ccc(Cl)cc1)N1CCOCC1)NC1CCCC1. The van der Waals surface area contributed by atoms with Crippen molar-refractivity contribution < 1.29 is 4.74 Å². The third-order valence-electron chi connectivity index (χ3n) is 5.20. The van der Waals surface area contributed by atoms with Gasteiger partial charge in [-0.3, -0.25) is 9.89 Å². The van der Waals surface area contributed by atoms with Crippen molar-refractivity contribution in [3.8, 4) is 0 Å². The van der Waals surface area contributed by atoms with Gasteiger partial charge < -0.3 is 15.4 Å². The molecule has 6 heteroatoms. The molecule has 0 amide bonds. The molecule has 2 aliphatic rings. The largest absolute Gasteiger partial charge is 0.379 e. The van der Waals surface area contributed by atoms with E-state index in [1.54, 1.807) is 0 Å². The van der Waals surface area contributed by atoms with Gasteiger partial charge in [0.15, 0.2) is 5.96 Å². The van der Waals surface area contributed by atoms with Gasteiger partial charge in [-0.05, 0) is 37.5 Å². The molecule has 26 heavy (non-hydrogen) atoms. The fraction of sp³-hybridized carbons (Fsp3) is 0.650. The average Bonchev–Trinajstić information content (AvgIpc) is 3.17. The van der Waals surface area contributed by atoms with Crippen LogP contribution in [0.5, 0.6) is 0 Å². The summed E-state index contributed by atoms with van der Waals surface area (Å²) in [7, 11) is 0. The smallest absolute Gasteiger partial charge is 0.191 e. The van der Waals surface area contributed by atoms with Crippen molar-refractivity contribution in [1.29, 1.82) is 0 Å². The Bertz CT molecular complexity index is 566. The van der Waals surface area contributed by atoms with E-state index < -0.39 is 0 Å². The first-order chi connectivity index (χ1) is 12.8. The third kappa shape index (κ3) is 5.60. The molecule has 1 aliphatic carbocycles. The zero-order chi connectivity index (χ0) is 18.2. The summed E-state index contributed by atoms with van der Waals surface area (Å²) in [6.45, 7) is 7.17. The van der Waals surface area contributed by atoms with Crippen LogP contribution in [0.2, 0.25) is 5.02 Å². The quantitative estimate of drug-likeness (QED) is 0.589. The Kier molecular flexibility index (Phi) is 7.59. The Morgan fingerprint density at radius 2 is 1.92 bits per heavy atom. The van der Waals surface area contributed by atoms with Gasteiger partial charge in [0.05, 0.1) is 25.8 Å². The third-order valence-corrected chi connectivity index (χ3v) is 5.46. The summed E-state index contributed by atoms with van der Waals surface area (Å²) in [6, 6.07) is 8.98. The van der Waals surface area contributed by atoms with Crippen LogP contribution < -0.4 is 10.6 Å². The number of hydrogen-bond acceptors (Lipinski definition) is 3. The van der Waals surface area contributed by atoms with Gasteiger partial charge >= 0.3 is 0 Å². The first kappa shape index (κ1) is 19.5. The molecule has 0 spiro atoms. The highest BCUT2D eigenvalue weighted by Gasteiger charge is 2.23. The van der Waals surface area contributed by atoms with Crippen LogP contribution in [-0.2, 0) is 4.74 Å². The lowest BCUT2D eigenvalue weighted by Crippen LogP contribution is -2.44. The molecule has 0 radical (unpaired) electrons. The van der Waals surface area contributed by atoms with E-state index in [1.165, 1.54) is 31.2 Å². The van der Waals surface area contributed by atoms with E-state index in [0.717, 1.165) is 50.4 Å². The molecule has 1 atom stereocenters. The number of nitrogens with one attached hydrogen (secondary N) is 2. The highest BCUT2D eigenvalue weighted by atomic mass is 35.5. The highest BCUT2D eigenvalue weighted by Crippen LogP contribution is 2.24. The standard InChI is InChI=1S/C20H31ClN4O/c1-2-22-20(24-18-5-3-4-6-18)23-15-19(25-11-13-26-14-12-25)16-7-9-17(21)10-8-16/h7-10,18-19H,2-6,11-15H2,1H3,(H2,22,23,24). The maximum atomic E-state index is 6.08. The number of guanidine groups is 1. The number of ether oxygens (including phenoxy) is 1. The lowest BCUT2D eigenvalue weighted by atomic mass is 10.0. The molecular formula is C20H31ClN4O. The van der Waals surface area contributed by atoms with Crippen LogP contribution in [0.3, 0.4) is 0 Å². The van der Waals surface area contributed by atoms with Gasteiger partial charge in [-0.15, -0.1) is 0 Å². The van der Waals surface area contributed by atoms with Crippen molar-refractivity contribution in [2.45, 2.75) is 44.7 Å². The first-order valence-corrected chi connectivity index (χ1v) is 10.3. The van der Waals surface area contributed by atoms with Crippen molar-refractivity contribution in [1.82, 2.24) is 15.5 Å². The molecular weight excluding hydrogens is 348 g/mol. The molecule has 1 heterocycles. The van der Waals surface area contributed by atoms with Gasteiger partial charge in [0.2, 0.25) is 0 Å². The Labute approximate surface area is 162 Å². The van der Waals surface area contributed by atoms with Gasteiger partial charge in [-0.1, -0.05) is 36.6 Å². The molecule has 1 aromatic rings. The second kappa shape index (κ2) is 10.1. The summed E-state index contributed by atoms with van der Waals surface area (Å²) in [5.41, 5.74) is 1.26. The molecule has 144 valence electrons. The molecule has 1 unspecified atom stereocenters. The fourth-order valence-electron chi connectivity index (χ4n) is 3.77. The van der Waals surface area contributed by atoms with Crippen LogP contribution in [0.4, 0.5) is 0 Å². The number of halogens is 1. The van der Waals surface area contributed by atoms with Crippen LogP contribution in [0.15, 0.2) is 29.3 Å². The Balaban J connectivity index is 1.72. The minimum Gasteiger partial charge on any atom is -0.379 e. The zero-order valence-corrected chi connectivity index (χ0v) is 16.5. The molecule has 2 N–H and O–H groups in total. The number of benzene rings is 1. The van der Waals surface area contributed by atoms with Crippen LogP contribution in [0, 0.1) is 0 Å². The van der Waals surface area contributed by atoms with Crippen molar-refractivity contribution in [2.24, 2.45) is 4.99 Å². The minimum absolute atomic E-state index is 0.246. The predicted molar refractivity (Wildman–Crippen MR) is 108 cm³/mol. The number of hydrogen-bond donors (Lipinski definition) is 2. The van der Waals surface area contributed by atoms with Crippen LogP contribution in [0.25, 0.3) is 0 Å². The molecule has 1 saturated heterocycles. The Hall–Kier alpha value is -1.30. The lowest BCUT2D eigenvalue weighted by Gasteiger charge is -2.34. The van der Waals surface area contributed by atoms with E-state index in [0.29, 0.717) is 6.04 Å². The number of aliphatic imine (C=N–C) groups is 1. The van der Waals surface area contributed by atoms with Gasteiger partial charge in [-0.2, -0.15) is 0 Å². The number of nitrogens with zero attached hydrogens (tertiary/aromatic N) is 2. The van der Waals surface area contributed by atoms with E-state index >= 15 is 0 Å². The van der Waals surface area contributed by atoms with Gasteiger partial charge in [0.25, 0.3) is 0 Å². The fourth-order valence-corrected chi connectivity index (χ4v) is 3.89. The van der Waals surface area contributed by atoms with Crippen LogP contribution >= 0.6 is 11.6 Å². The van der Waals surface area contributed by atoms with Crippen molar-refractivity contribution in [3.05, 3.63) is 34.9 Å². The highest BCUT2D eigenvalue weighted by molar-refractivity contribution is 6.30. The molecule has 1 saturated carbocycles.